The van der Waals surface area contributed by atoms with E-state index in [4.69, 9.17) is 0 Å². The first-order valence-corrected chi connectivity index (χ1v) is 6.57. The third-order valence-corrected chi connectivity index (χ3v) is 3.66. The van der Waals surface area contributed by atoms with Crippen molar-refractivity contribution in [3.05, 3.63) is 28.5 Å². The second kappa shape index (κ2) is 5.48. The van der Waals surface area contributed by atoms with Crippen LogP contribution in [0, 0.1) is 0 Å². The number of rotatable bonds is 2. The topological polar surface area (TPSA) is 62.3 Å². The summed E-state index contributed by atoms with van der Waals surface area (Å²) in [6, 6.07) is 3.14. The first kappa shape index (κ1) is 13.0. The molecule has 0 radical (unpaired) electrons. The van der Waals surface area contributed by atoms with Crippen molar-refractivity contribution in [2.24, 2.45) is 0 Å². The molecule has 1 fully saturated rings. The van der Waals surface area contributed by atoms with Crippen LogP contribution in [0.25, 0.3) is 0 Å². The predicted molar refractivity (Wildman–Crippen MR) is 70.1 cm³/mol. The quantitative estimate of drug-likeness (QED) is 0.892. The van der Waals surface area contributed by atoms with Gasteiger partial charge in [0.1, 0.15) is 11.7 Å². The number of likely N-dealkylation sites (tertiary alicyclic amines) is 1. The summed E-state index contributed by atoms with van der Waals surface area (Å²) in [6.07, 6.45) is 3.12. The van der Waals surface area contributed by atoms with E-state index < -0.39 is 0 Å². The number of carbonyl (C=O) groups is 2. The lowest BCUT2D eigenvalue weighted by molar-refractivity contribution is -0.124. The molecule has 0 saturated carbocycles. The van der Waals surface area contributed by atoms with Crippen LogP contribution < -0.4 is 5.32 Å². The Labute approximate surface area is 114 Å². The molecule has 1 unspecified atom stereocenters. The van der Waals surface area contributed by atoms with Crippen molar-refractivity contribution >= 4 is 27.7 Å². The number of aromatic nitrogens is 1. The number of nitrogens with one attached hydrogen (secondary N) is 1. The normalized spacial score (nSPS) is 18.8. The van der Waals surface area contributed by atoms with Gasteiger partial charge in [-0.3, -0.25) is 9.59 Å². The van der Waals surface area contributed by atoms with Gasteiger partial charge >= 0.3 is 0 Å². The fraction of sp³-hybridized carbons (Fsp3) is 0.417. The Bertz CT molecular complexity index is 478. The summed E-state index contributed by atoms with van der Waals surface area (Å²) < 4.78 is 0.651. The van der Waals surface area contributed by atoms with Crippen LogP contribution in [0.2, 0.25) is 0 Å². The van der Waals surface area contributed by atoms with Crippen molar-refractivity contribution in [3.8, 4) is 0 Å². The Morgan fingerprint density at radius 2 is 2.33 bits per heavy atom. The fourth-order valence-corrected chi connectivity index (χ4v) is 2.55. The zero-order valence-corrected chi connectivity index (χ0v) is 11.6. The van der Waals surface area contributed by atoms with Crippen LogP contribution in [0.1, 0.15) is 23.3 Å². The van der Waals surface area contributed by atoms with Gasteiger partial charge in [0.05, 0.1) is 0 Å². The molecule has 18 heavy (non-hydrogen) atoms. The molecule has 0 spiro atoms. The predicted octanol–water partition coefficient (Wildman–Crippen LogP) is 1.19. The molecule has 1 atom stereocenters. The minimum Gasteiger partial charge on any atom is -0.357 e. The molecule has 1 aliphatic rings. The average molecular weight is 312 g/mol. The minimum absolute atomic E-state index is 0.118. The maximum absolute atomic E-state index is 12.4. The van der Waals surface area contributed by atoms with Crippen LogP contribution >= 0.6 is 15.9 Å². The molecule has 96 valence electrons. The van der Waals surface area contributed by atoms with E-state index in [1.54, 1.807) is 30.3 Å². The van der Waals surface area contributed by atoms with Crippen LogP contribution in [-0.4, -0.2) is 41.3 Å². The van der Waals surface area contributed by atoms with E-state index in [2.05, 4.69) is 26.2 Å². The van der Waals surface area contributed by atoms with Gasteiger partial charge in [-0.25, -0.2) is 4.98 Å². The Morgan fingerprint density at radius 1 is 1.56 bits per heavy atom. The van der Waals surface area contributed by atoms with E-state index in [1.165, 1.54) is 0 Å². The molecule has 1 aliphatic heterocycles. The van der Waals surface area contributed by atoms with Crippen molar-refractivity contribution < 1.29 is 9.59 Å². The van der Waals surface area contributed by atoms with Gasteiger partial charge in [0, 0.05) is 24.3 Å². The van der Waals surface area contributed by atoms with Crippen molar-refractivity contribution in [1.29, 1.82) is 0 Å². The van der Waals surface area contributed by atoms with Gasteiger partial charge in [0.15, 0.2) is 0 Å². The average Bonchev–Trinajstić information content (AvgIpc) is 2.86. The summed E-state index contributed by atoms with van der Waals surface area (Å²) in [5.41, 5.74) is 0.355. The summed E-state index contributed by atoms with van der Waals surface area (Å²) in [6.45, 7) is 0.597. The molecule has 0 aromatic carbocycles. The summed E-state index contributed by atoms with van der Waals surface area (Å²) in [7, 11) is 1.58. The van der Waals surface area contributed by atoms with Crippen molar-refractivity contribution in [1.82, 2.24) is 15.2 Å². The molecule has 2 heterocycles. The first-order valence-electron chi connectivity index (χ1n) is 5.78. The highest BCUT2D eigenvalue weighted by atomic mass is 79.9. The Morgan fingerprint density at radius 3 is 3.00 bits per heavy atom. The van der Waals surface area contributed by atoms with Crippen LogP contribution in [-0.2, 0) is 4.79 Å². The van der Waals surface area contributed by atoms with E-state index in [1.807, 2.05) is 0 Å². The standard InChI is InChI=1S/C12H14BrN3O2/c1-14-11(17)9-5-3-7-16(9)12(18)10-8(13)4-2-6-15-10/h2,4,6,9H,3,5,7H2,1H3,(H,14,17). The van der Waals surface area contributed by atoms with Gasteiger partial charge in [-0.1, -0.05) is 0 Å². The number of hydrogen-bond acceptors (Lipinski definition) is 3. The van der Waals surface area contributed by atoms with E-state index in [9.17, 15) is 9.59 Å². The summed E-state index contributed by atoms with van der Waals surface area (Å²) in [5.74, 6) is -0.318. The van der Waals surface area contributed by atoms with Gasteiger partial charge in [-0.15, -0.1) is 0 Å². The molecule has 0 bridgehead atoms. The molecule has 5 nitrogen and oxygen atoms in total. The first-order chi connectivity index (χ1) is 8.65. The van der Waals surface area contributed by atoms with Gasteiger partial charge in [0.25, 0.3) is 5.91 Å². The molecule has 6 heteroatoms. The summed E-state index contributed by atoms with van der Waals surface area (Å²) >= 11 is 3.31. The number of pyridine rings is 1. The van der Waals surface area contributed by atoms with Crippen LogP contribution in [0.3, 0.4) is 0 Å². The third-order valence-electron chi connectivity index (χ3n) is 3.02. The SMILES string of the molecule is CNC(=O)C1CCCN1C(=O)c1ncccc1Br. The van der Waals surface area contributed by atoms with E-state index >= 15 is 0 Å². The highest BCUT2D eigenvalue weighted by Gasteiger charge is 2.35. The molecular formula is C12H14BrN3O2. The van der Waals surface area contributed by atoms with Crippen molar-refractivity contribution in [2.75, 3.05) is 13.6 Å². The summed E-state index contributed by atoms with van der Waals surface area (Å²) in [4.78, 5) is 29.7. The molecule has 2 amide bonds. The number of amides is 2. The smallest absolute Gasteiger partial charge is 0.274 e. The molecule has 1 aromatic rings. The molecule has 2 rings (SSSR count). The maximum atomic E-state index is 12.4. The van der Waals surface area contributed by atoms with Gasteiger partial charge in [-0.05, 0) is 40.9 Å². The largest absolute Gasteiger partial charge is 0.357 e. The number of likely N-dealkylation sites (N-methyl/N-ethyl adjacent to an activating group) is 1. The zero-order chi connectivity index (χ0) is 13.1. The number of hydrogen-bond donors (Lipinski definition) is 1. The second-order valence-electron chi connectivity index (χ2n) is 4.10. The van der Waals surface area contributed by atoms with Crippen molar-refractivity contribution in [2.45, 2.75) is 18.9 Å². The van der Waals surface area contributed by atoms with E-state index in [-0.39, 0.29) is 17.9 Å². The number of nitrogens with zero attached hydrogens (tertiary/aromatic N) is 2. The molecule has 1 saturated heterocycles. The molecular weight excluding hydrogens is 298 g/mol. The lowest BCUT2D eigenvalue weighted by Gasteiger charge is -2.23. The molecule has 1 aromatic heterocycles. The van der Waals surface area contributed by atoms with E-state index in [0.717, 1.165) is 6.42 Å². The van der Waals surface area contributed by atoms with Crippen LogP contribution in [0.5, 0.6) is 0 Å². The van der Waals surface area contributed by atoms with Gasteiger partial charge in [0.2, 0.25) is 5.91 Å². The monoisotopic (exact) mass is 311 g/mol. The number of carbonyl (C=O) groups excluding carboxylic acids is 2. The minimum atomic E-state index is -0.378. The summed E-state index contributed by atoms with van der Waals surface area (Å²) in [5, 5.41) is 2.59. The Kier molecular flexibility index (Phi) is 3.96. The van der Waals surface area contributed by atoms with Crippen molar-refractivity contribution in [3.63, 3.8) is 0 Å². The lowest BCUT2D eigenvalue weighted by Crippen LogP contribution is -2.45. The zero-order valence-electron chi connectivity index (χ0n) is 10.0. The van der Waals surface area contributed by atoms with Gasteiger partial charge < -0.3 is 10.2 Å². The third kappa shape index (κ3) is 2.38. The maximum Gasteiger partial charge on any atom is 0.274 e. The highest BCUT2D eigenvalue weighted by molar-refractivity contribution is 9.10. The fourth-order valence-electron chi connectivity index (χ4n) is 2.13. The van der Waals surface area contributed by atoms with Crippen LogP contribution in [0.4, 0.5) is 0 Å². The van der Waals surface area contributed by atoms with Crippen LogP contribution in [0.15, 0.2) is 22.8 Å². The molecule has 0 aliphatic carbocycles. The van der Waals surface area contributed by atoms with E-state index in [0.29, 0.717) is 23.1 Å². The lowest BCUT2D eigenvalue weighted by atomic mass is 10.2. The second-order valence-corrected chi connectivity index (χ2v) is 4.96. The highest BCUT2D eigenvalue weighted by Crippen LogP contribution is 2.22. The van der Waals surface area contributed by atoms with Gasteiger partial charge in [-0.2, -0.15) is 0 Å². The Balaban J connectivity index is 2.23. The number of halogens is 1. The molecule has 1 N–H and O–H groups in total. The Hall–Kier alpha value is -1.43.